The molecular formula is C23H32IN5O3. The Morgan fingerprint density at radius 1 is 1.16 bits per heavy atom. The van der Waals surface area contributed by atoms with E-state index >= 15 is 0 Å². The van der Waals surface area contributed by atoms with Crippen LogP contribution in [0.5, 0.6) is 5.75 Å². The lowest BCUT2D eigenvalue weighted by Gasteiger charge is -2.29. The average molecular weight is 553 g/mol. The molecule has 0 radical (unpaired) electrons. The van der Waals surface area contributed by atoms with Crippen LogP contribution in [0.15, 0.2) is 53.5 Å². The van der Waals surface area contributed by atoms with Crippen molar-refractivity contribution in [2.24, 2.45) is 4.99 Å². The van der Waals surface area contributed by atoms with Gasteiger partial charge in [0.05, 0.1) is 30.2 Å². The van der Waals surface area contributed by atoms with Gasteiger partial charge in [-0.3, -0.25) is 15.0 Å². The van der Waals surface area contributed by atoms with Gasteiger partial charge in [0.2, 0.25) is 0 Å². The zero-order valence-electron chi connectivity index (χ0n) is 18.6. The van der Waals surface area contributed by atoms with Gasteiger partial charge < -0.3 is 15.4 Å². The number of nitrogens with one attached hydrogen (secondary N) is 2. The van der Waals surface area contributed by atoms with Gasteiger partial charge in [0, 0.05) is 19.2 Å². The van der Waals surface area contributed by atoms with E-state index in [1.807, 2.05) is 19.1 Å². The first-order chi connectivity index (χ1) is 15.1. The van der Waals surface area contributed by atoms with Crippen LogP contribution in [0.25, 0.3) is 0 Å². The van der Waals surface area contributed by atoms with Gasteiger partial charge in [-0.05, 0) is 50.6 Å². The average Bonchev–Trinajstić information content (AvgIpc) is 3.32. The normalized spacial score (nSPS) is 15.0. The number of nitro groups is 1. The number of guanidine groups is 1. The molecule has 1 unspecified atom stereocenters. The Labute approximate surface area is 206 Å². The quantitative estimate of drug-likeness (QED) is 0.160. The molecule has 0 saturated carbocycles. The van der Waals surface area contributed by atoms with E-state index in [9.17, 15) is 10.1 Å². The Hall–Kier alpha value is -2.40. The fourth-order valence-electron chi connectivity index (χ4n) is 3.86. The van der Waals surface area contributed by atoms with Crippen molar-refractivity contribution in [3.63, 3.8) is 0 Å². The van der Waals surface area contributed by atoms with Gasteiger partial charge >= 0.3 is 0 Å². The summed E-state index contributed by atoms with van der Waals surface area (Å²) in [5, 5.41) is 18.0. The molecule has 0 aromatic heterocycles. The maximum Gasteiger partial charge on any atom is 0.274 e. The van der Waals surface area contributed by atoms with Gasteiger partial charge in [0.25, 0.3) is 5.69 Å². The molecular weight excluding hydrogens is 521 g/mol. The second kappa shape index (κ2) is 13.2. The van der Waals surface area contributed by atoms with Crippen LogP contribution >= 0.6 is 24.0 Å². The summed E-state index contributed by atoms with van der Waals surface area (Å²) in [5.41, 5.74) is 1.91. The maximum atomic E-state index is 11.3. The molecule has 0 amide bonds. The molecule has 2 aromatic carbocycles. The summed E-state index contributed by atoms with van der Waals surface area (Å²) < 4.78 is 5.30. The Morgan fingerprint density at radius 3 is 2.47 bits per heavy atom. The van der Waals surface area contributed by atoms with E-state index in [1.165, 1.54) is 24.5 Å². The second-order valence-corrected chi connectivity index (χ2v) is 7.49. The molecule has 1 saturated heterocycles. The summed E-state index contributed by atoms with van der Waals surface area (Å²) in [7, 11) is 1.67. The molecule has 1 heterocycles. The van der Waals surface area contributed by atoms with E-state index in [2.05, 4.69) is 32.7 Å². The summed E-state index contributed by atoms with van der Waals surface area (Å²) in [6, 6.07) is 15.1. The number of hydrogen-bond donors (Lipinski definition) is 2. The molecule has 1 aliphatic heterocycles. The lowest BCUT2D eigenvalue weighted by atomic mass is 10.1. The summed E-state index contributed by atoms with van der Waals surface area (Å²) in [6.07, 6.45) is 2.41. The topological polar surface area (TPSA) is 92.0 Å². The van der Waals surface area contributed by atoms with Crippen molar-refractivity contribution >= 4 is 35.6 Å². The van der Waals surface area contributed by atoms with E-state index in [0.717, 1.165) is 18.8 Å². The molecule has 32 heavy (non-hydrogen) atoms. The number of nitrogens with zero attached hydrogens (tertiary/aromatic N) is 3. The van der Waals surface area contributed by atoms with Gasteiger partial charge in [-0.25, -0.2) is 4.99 Å². The minimum Gasteiger partial charge on any atom is -0.497 e. The van der Waals surface area contributed by atoms with Crippen LogP contribution < -0.4 is 15.4 Å². The Balaban J connectivity index is 0.00000363. The lowest BCUT2D eigenvalue weighted by Crippen LogP contribution is -2.42. The highest BCUT2D eigenvalue weighted by Gasteiger charge is 2.24. The first-order valence-corrected chi connectivity index (χ1v) is 10.7. The van der Waals surface area contributed by atoms with Crippen molar-refractivity contribution in [1.29, 1.82) is 0 Å². The van der Waals surface area contributed by atoms with Gasteiger partial charge in [0.1, 0.15) is 5.75 Å². The number of halogens is 1. The van der Waals surface area contributed by atoms with E-state index in [-0.39, 0.29) is 47.2 Å². The second-order valence-electron chi connectivity index (χ2n) is 7.49. The Kier molecular flexibility index (Phi) is 10.7. The molecule has 9 heteroatoms. The number of hydrogen-bond acceptors (Lipinski definition) is 5. The van der Waals surface area contributed by atoms with Crippen LogP contribution in [-0.2, 0) is 6.54 Å². The van der Waals surface area contributed by atoms with E-state index in [1.54, 1.807) is 25.3 Å². The lowest BCUT2D eigenvalue weighted by molar-refractivity contribution is -0.385. The fraction of sp³-hybridized carbons (Fsp3) is 0.435. The van der Waals surface area contributed by atoms with Crippen molar-refractivity contribution in [2.75, 3.05) is 33.3 Å². The number of benzene rings is 2. The summed E-state index contributed by atoms with van der Waals surface area (Å²) >= 11 is 0. The van der Waals surface area contributed by atoms with Gasteiger partial charge in [0.15, 0.2) is 5.96 Å². The Morgan fingerprint density at radius 2 is 1.84 bits per heavy atom. The standard InChI is InChI=1S/C23H31N5O3.HI/c1-3-24-23(25-16-19-8-4-5-9-21(19)28(29)30)26-17-22(27-14-6-7-15-27)18-10-12-20(31-2)13-11-18;/h4-5,8-13,22H,3,6-7,14-17H2,1-2H3,(H2,24,25,26);1H. The first-order valence-electron chi connectivity index (χ1n) is 10.7. The number of para-hydroxylation sites is 1. The number of methoxy groups -OCH3 is 1. The van der Waals surface area contributed by atoms with Crippen LogP contribution in [0.2, 0.25) is 0 Å². The third kappa shape index (κ3) is 7.06. The molecule has 8 nitrogen and oxygen atoms in total. The largest absolute Gasteiger partial charge is 0.497 e. The zero-order chi connectivity index (χ0) is 22.1. The minimum absolute atomic E-state index is 0. The van der Waals surface area contributed by atoms with Crippen molar-refractivity contribution in [1.82, 2.24) is 15.5 Å². The molecule has 2 N–H and O–H groups in total. The summed E-state index contributed by atoms with van der Waals surface area (Å²) in [4.78, 5) is 18.0. The number of aliphatic imine (C=N–C) groups is 1. The number of ether oxygens (including phenoxy) is 1. The highest BCUT2D eigenvalue weighted by Crippen LogP contribution is 2.26. The van der Waals surface area contributed by atoms with Gasteiger partial charge in [-0.2, -0.15) is 0 Å². The van der Waals surface area contributed by atoms with Gasteiger partial charge in [-0.1, -0.05) is 30.3 Å². The van der Waals surface area contributed by atoms with E-state index < -0.39 is 0 Å². The zero-order valence-corrected chi connectivity index (χ0v) is 21.0. The van der Waals surface area contributed by atoms with Crippen molar-refractivity contribution in [3.05, 3.63) is 69.8 Å². The van der Waals surface area contributed by atoms with Crippen LogP contribution in [0, 0.1) is 10.1 Å². The predicted molar refractivity (Wildman–Crippen MR) is 138 cm³/mol. The van der Waals surface area contributed by atoms with Crippen LogP contribution in [-0.4, -0.2) is 49.1 Å². The molecule has 0 spiro atoms. The predicted octanol–water partition coefficient (Wildman–Crippen LogP) is 4.11. The van der Waals surface area contributed by atoms with Crippen molar-refractivity contribution < 1.29 is 9.66 Å². The summed E-state index contributed by atoms with van der Waals surface area (Å²) in [6.45, 7) is 5.78. The highest BCUT2D eigenvalue weighted by atomic mass is 127. The fourth-order valence-corrected chi connectivity index (χ4v) is 3.86. The molecule has 2 aromatic rings. The van der Waals surface area contributed by atoms with Crippen molar-refractivity contribution in [2.45, 2.75) is 32.4 Å². The third-order valence-electron chi connectivity index (χ3n) is 5.48. The van der Waals surface area contributed by atoms with Crippen LogP contribution in [0.1, 0.15) is 36.9 Å². The molecule has 1 fully saturated rings. The van der Waals surface area contributed by atoms with Crippen molar-refractivity contribution in [3.8, 4) is 5.75 Å². The smallest absolute Gasteiger partial charge is 0.274 e. The third-order valence-corrected chi connectivity index (χ3v) is 5.48. The van der Waals surface area contributed by atoms with E-state index in [4.69, 9.17) is 4.74 Å². The molecule has 1 atom stereocenters. The molecule has 1 aliphatic rings. The minimum atomic E-state index is -0.363. The number of nitro benzene ring substituents is 1. The van der Waals surface area contributed by atoms with Gasteiger partial charge in [-0.15, -0.1) is 24.0 Å². The number of rotatable bonds is 9. The molecule has 0 aliphatic carbocycles. The molecule has 174 valence electrons. The molecule has 3 rings (SSSR count). The SMILES string of the molecule is CCNC(=NCc1ccccc1[N+](=O)[O-])NCC(c1ccc(OC)cc1)N1CCCC1.I. The molecule has 0 bridgehead atoms. The van der Waals surface area contributed by atoms with Crippen LogP contribution in [0.3, 0.4) is 0 Å². The number of likely N-dealkylation sites (tertiary alicyclic amines) is 1. The van der Waals surface area contributed by atoms with Crippen LogP contribution in [0.4, 0.5) is 5.69 Å². The maximum absolute atomic E-state index is 11.3. The highest BCUT2D eigenvalue weighted by molar-refractivity contribution is 14.0. The Bertz CT molecular complexity index is 885. The first kappa shape index (κ1) is 25.9. The monoisotopic (exact) mass is 553 g/mol. The van der Waals surface area contributed by atoms with E-state index in [0.29, 0.717) is 24.6 Å². The summed E-state index contributed by atoms with van der Waals surface area (Å²) in [5.74, 6) is 1.49.